The molecule has 0 fully saturated rings. The molecule has 0 aromatic heterocycles. The van der Waals surface area contributed by atoms with Gasteiger partial charge >= 0.3 is 0 Å². The Labute approximate surface area is 80.9 Å². The molecule has 4 heteroatoms. The first-order valence-corrected chi connectivity index (χ1v) is 4.42. The highest BCUT2D eigenvalue weighted by atomic mass is 16.7. The summed E-state index contributed by atoms with van der Waals surface area (Å²) < 4.78 is 10.6. The van der Waals surface area contributed by atoms with Gasteiger partial charge in [0.1, 0.15) is 0 Å². The number of benzene rings is 1. The summed E-state index contributed by atoms with van der Waals surface area (Å²) >= 11 is 0. The molecule has 2 heterocycles. The predicted octanol–water partition coefficient (Wildman–Crippen LogP) is 1.31. The van der Waals surface area contributed by atoms with E-state index in [1.165, 1.54) is 0 Å². The average Bonchev–Trinajstić information content (AvgIpc) is 2.50. The van der Waals surface area contributed by atoms with Crippen LogP contribution in [0.25, 0.3) is 0 Å². The number of hydrogen-bond acceptors (Lipinski definition) is 4. The number of hydrogen-bond donors (Lipinski definition) is 0. The second-order valence-corrected chi connectivity index (χ2v) is 3.14. The van der Waals surface area contributed by atoms with Gasteiger partial charge in [-0.25, -0.2) is 0 Å². The molecule has 0 atom stereocenters. The van der Waals surface area contributed by atoms with E-state index in [9.17, 15) is 0 Å². The number of ether oxygens (including phenoxy) is 2. The average molecular weight is 188 g/mol. The lowest BCUT2D eigenvalue weighted by atomic mass is 10.0. The van der Waals surface area contributed by atoms with Gasteiger partial charge in [-0.15, -0.1) is 10.2 Å². The van der Waals surface area contributed by atoms with Crippen molar-refractivity contribution in [3.05, 3.63) is 35.4 Å². The normalized spacial score (nSPS) is 18.0. The lowest BCUT2D eigenvalue weighted by Crippen LogP contribution is -2.17. The van der Waals surface area contributed by atoms with Gasteiger partial charge in [-0.3, -0.25) is 0 Å². The van der Waals surface area contributed by atoms with Crippen LogP contribution in [0.5, 0.6) is 0 Å². The van der Waals surface area contributed by atoms with Crippen molar-refractivity contribution in [2.45, 2.75) is 6.42 Å². The molecule has 4 nitrogen and oxygen atoms in total. The summed E-state index contributed by atoms with van der Waals surface area (Å²) in [7, 11) is 0. The second-order valence-electron chi connectivity index (χ2n) is 3.14. The molecule has 0 spiro atoms. The zero-order chi connectivity index (χ0) is 9.38. The van der Waals surface area contributed by atoms with Crippen molar-refractivity contribution in [2.24, 2.45) is 10.2 Å². The van der Waals surface area contributed by atoms with Gasteiger partial charge in [0.15, 0.2) is 0 Å². The SMILES string of the molecule is c1ccc2c(c1)CC1=NN=C2OCO1. The van der Waals surface area contributed by atoms with Crippen LogP contribution in [0, 0.1) is 0 Å². The molecule has 2 aliphatic heterocycles. The van der Waals surface area contributed by atoms with E-state index in [0.717, 1.165) is 11.1 Å². The first-order valence-electron chi connectivity index (χ1n) is 4.42. The lowest BCUT2D eigenvalue weighted by molar-refractivity contribution is 0.0998. The molecule has 1 aromatic carbocycles. The van der Waals surface area contributed by atoms with E-state index in [-0.39, 0.29) is 6.79 Å². The quantitative estimate of drug-likeness (QED) is 0.616. The smallest absolute Gasteiger partial charge is 0.244 e. The Hall–Kier alpha value is -1.84. The molecule has 2 bridgehead atoms. The van der Waals surface area contributed by atoms with Crippen molar-refractivity contribution in [3.8, 4) is 0 Å². The molecule has 0 N–H and O–H groups in total. The third kappa shape index (κ3) is 1.08. The molecule has 0 radical (unpaired) electrons. The predicted molar refractivity (Wildman–Crippen MR) is 51.2 cm³/mol. The Morgan fingerprint density at radius 1 is 1.07 bits per heavy atom. The van der Waals surface area contributed by atoms with Crippen molar-refractivity contribution >= 4 is 11.8 Å². The molecular formula is C10H8N2O2. The summed E-state index contributed by atoms with van der Waals surface area (Å²) in [6.45, 7) is 0.200. The van der Waals surface area contributed by atoms with E-state index in [1.807, 2.05) is 24.3 Å². The minimum atomic E-state index is 0.200. The first kappa shape index (κ1) is 7.55. The van der Waals surface area contributed by atoms with Crippen molar-refractivity contribution in [3.63, 3.8) is 0 Å². The second kappa shape index (κ2) is 2.83. The molecule has 0 saturated carbocycles. The Kier molecular flexibility index (Phi) is 1.53. The molecular weight excluding hydrogens is 180 g/mol. The maximum Gasteiger partial charge on any atom is 0.244 e. The van der Waals surface area contributed by atoms with Crippen molar-refractivity contribution in [2.75, 3.05) is 6.79 Å². The van der Waals surface area contributed by atoms with Gasteiger partial charge < -0.3 is 9.47 Å². The minimum absolute atomic E-state index is 0.200. The van der Waals surface area contributed by atoms with E-state index in [1.54, 1.807) is 0 Å². The maximum absolute atomic E-state index is 5.31. The largest absolute Gasteiger partial charge is 0.442 e. The molecule has 2 aliphatic rings. The monoisotopic (exact) mass is 188 g/mol. The van der Waals surface area contributed by atoms with Gasteiger partial charge in [0, 0.05) is 5.56 Å². The van der Waals surface area contributed by atoms with Gasteiger partial charge in [-0.2, -0.15) is 0 Å². The first-order chi connectivity index (χ1) is 6.93. The Morgan fingerprint density at radius 2 is 2.00 bits per heavy atom. The molecule has 0 amide bonds. The van der Waals surface area contributed by atoms with Crippen LogP contribution >= 0.6 is 0 Å². The Morgan fingerprint density at radius 3 is 3.00 bits per heavy atom. The van der Waals surface area contributed by atoms with Crippen LogP contribution < -0.4 is 0 Å². The minimum Gasteiger partial charge on any atom is -0.442 e. The third-order valence-electron chi connectivity index (χ3n) is 2.26. The third-order valence-corrected chi connectivity index (χ3v) is 2.26. The van der Waals surface area contributed by atoms with Gasteiger partial charge in [0.2, 0.25) is 18.6 Å². The zero-order valence-electron chi connectivity index (χ0n) is 7.43. The molecule has 70 valence electrons. The van der Waals surface area contributed by atoms with Crippen molar-refractivity contribution in [1.29, 1.82) is 0 Å². The Bertz CT molecular complexity index is 438. The molecule has 0 saturated heterocycles. The van der Waals surface area contributed by atoms with Crippen LogP contribution in [0.15, 0.2) is 34.5 Å². The van der Waals surface area contributed by atoms with E-state index in [2.05, 4.69) is 10.2 Å². The fourth-order valence-electron chi connectivity index (χ4n) is 1.58. The topological polar surface area (TPSA) is 43.2 Å². The number of rotatable bonds is 0. The highest BCUT2D eigenvalue weighted by molar-refractivity contribution is 5.99. The summed E-state index contributed by atoms with van der Waals surface area (Å²) in [5.41, 5.74) is 2.15. The lowest BCUT2D eigenvalue weighted by Gasteiger charge is -2.13. The van der Waals surface area contributed by atoms with Crippen LogP contribution in [0.2, 0.25) is 0 Å². The van der Waals surface area contributed by atoms with Crippen LogP contribution in [0.1, 0.15) is 11.1 Å². The van der Waals surface area contributed by atoms with Crippen LogP contribution in [-0.4, -0.2) is 18.6 Å². The van der Waals surface area contributed by atoms with E-state index in [0.29, 0.717) is 18.2 Å². The summed E-state index contributed by atoms with van der Waals surface area (Å²) in [4.78, 5) is 0. The zero-order valence-corrected chi connectivity index (χ0v) is 7.43. The fraction of sp³-hybridized carbons (Fsp3) is 0.200. The molecule has 14 heavy (non-hydrogen) atoms. The molecule has 3 rings (SSSR count). The summed E-state index contributed by atoms with van der Waals surface area (Å²) in [5, 5.41) is 7.94. The highest BCUT2D eigenvalue weighted by Crippen LogP contribution is 2.18. The van der Waals surface area contributed by atoms with Gasteiger partial charge in [-0.05, 0) is 11.6 Å². The van der Waals surface area contributed by atoms with Crippen LogP contribution in [0.3, 0.4) is 0 Å². The number of nitrogens with zero attached hydrogens (tertiary/aromatic N) is 2. The number of fused-ring (bicyclic) bond motifs is 3. The van der Waals surface area contributed by atoms with Crippen molar-refractivity contribution in [1.82, 2.24) is 0 Å². The van der Waals surface area contributed by atoms with Gasteiger partial charge in [0.25, 0.3) is 0 Å². The van der Waals surface area contributed by atoms with Crippen LogP contribution in [0.4, 0.5) is 0 Å². The van der Waals surface area contributed by atoms with Gasteiger partial charge in [0.05, 0.1) is 6.42 Å². The summed E-state index contributed by atoms with van der Waals surface area (Å²) in [5.74, 6) is 1.16. The summed E-state index contributed by atoms with van der Waals surface area (Å²) in [6.07, 6.45) is 0.687. The maximum atomic E-state index is 5.31. The summed E-state index contributed by atoms with van der Waals surface area (Å²) in [6, 6.07) is 7.97. The van der Waals surface area contributed by atoms with E-state index < -0.39 is 0 Å². The highest BCUT2D eigenvalue weighted by Gasteiger charge is 2.20. The standard InChI is InChI=1S/C10H8N2O2/c1-2-4-8-7(3-1)5-9-11-12-10(8)14-6-13-9/h1-4H,5-6H2. The van der Waals surface area contributed by atoms with Crippen molar-refractivity contribution < 1.29 is 9.47 Å². The van der Waals surface area contributed by atoms with E-state index in [4.69, 9.17) is 9.47 Å². The molecule has 0 aliphatic carbocycles. The molecule has 1 aromatic rings. The Balaban J connectivity index is 2.19. The van der Waals surface area contributed by atoms with Crippen LogP contribution in [-0.2, 0) is 15.9 Å². The van der Waals surface area contributed by atoms with Gasteiger partial charge in [-0.1, -0.05) is 18.2 Å². The fourth-order valence-corrected chi connectivity index (χ4v) is 1.58. The molecule has 0 unspecified atom stereocenters. The van der Waals surface area contributed by atoms with E-state index >= 15 is 0 Å².